The Morgan fingerprint density at radius 2 is 1.90 bits per heavy atom. The number of nitrogens with one attached hydrogen (secondary N) is 2. The van der Waals surface area contributed by atoms with E-state index in [0.29, 0.717) is 29.8 Å². The van der Waals surface area contributed by atoms with Crippen molar-refractivity contribution in [2.24, 2.45) is 4.99 Å². The second-order valence-corrected chi connectivity index (χ2v) is 8.57. The van der Waals surface area contributed by atoms with Gasteiger partial charge in [-0.2, -0.15) is 5.10 Å². The molecule has 8 heteroatoms. The second-order valence-electron chi connectivity index (χ2n) is 6.56. The summed E-state index contributed by atoms with van der Waals surface area (Å²) < 4.78 is 14.3. The number of nitrogens with zero attached hydrogens (tertiary/aromatic N) is 3. The van der Waals surface area contributed by atoms with Gasteiger partial charge >= 0.3 is 0 Å². The van der Waals surface area contributed by atoms with Crippen LogP contribution < -0.4 is 10.6 Å². The van der Waals surface area contributed by atoms with Crippen LogP contribution in [-0.4, -0.2) is 45.3 Å². The number of rotatable bonds is 9. The highest BCUT2D eigenvalue weighted by Gasteiger charge is 2.14. The van der Waals surface area contributed by atoms with E-state index in [2.05, 4.69) is 15.7 Å². The lowest BCUT2D eigenvalue weighted by Gasteiger charge is -2.18. The molecule has 2 aromatic carbocycles. The van der Waals surface area contributed by atoms with Gasteiger partial charge in [0.1, 0.15) is 0 Å². The molecule has 0 aliphatic carbocycles. The van der Waals surface area contributed by atoms with Crippen LogP contribution in [0.3, 0.4) is 0 Å². The first-order valence-corrected chi connectivity index (χ1v) is 11.6. The topological polar surface area (TPSA) is 71.3 Å². The molecule has 0 aliphatic heterocycles. The molecule has 0 fully saturated rings. The molecular formula is C22H26ClN5OS. The van der Waals surface area contributed by atoms with E-state index < -0.39 is 10.8 Å². The molecule has 158 valence electrons. The molecule has 0 saturated carbocycles. The fraction of sp³-hybridized carbons (Fsp3) is 0.273. The number of benzene rings is 2. The smallest absolute Gasteiger partial charge is 0.191 e. The maximum atomic E-state index is 12.4. The Morgan fingerprint density at radius 1 is 1.13 bits per heavy atom. The monoisotopic (exact) mass is 443 g/mol. The second kappa shape index (κ2) is 11.5. The number of halogens is 1. The van der Waals surface area contributed by atoms with Crippen LogP contribution in [0.2, 0.25) is 5.02 Å². The van der Waals surface area contributed by atoms with Crippen LogP contribution in [0.4, 0.5) is 0 Å². The molecule has 1 heterocycles. The maximum absolute atomic E-state index is 12.4. The van der Waals surface area contributed by atoms with Crippen LogP contribution in [0.15, 0.2) is 82.9 Å². The van der Waals surface area contributed by atoms with Crippen molar-refractivity contribution >= 4 is 28.4 Å². The molecular weight excluding hydrogens is 418 g/mol. The maximum Gasteiger partial charge on any atom is 0.191 e. The molecule has 0 amide bonds. The average Bonchev–Trinajstić information content (AvgIpc) is 3.30. The minimum atomic E-state index is -1.04. The Bertz CT molecular complexity index is 945. The van der Waals surface area contributed by atoms with Gasteiger partial charge in [0.2, 0.25) is 0 Å². The van der Waals surface area contributed by atoms with E-state index in [1.807, 2.05) is 78.5 Å². The summed E-state index contributed by atoms with van der Waals surface area (Å²) in [6.45, 7) is 3.81. The van der Waals surface area contributed by atoms with Crippen molar-refractivity contribution in [3.63, 3.8) is 0 Å². The van der Waals surface area contributed by atoms with Crippen molar-refractivity contribution < 1.29 is 4.21 Å². The van der Waals surface area contributed by atoms with E-state index >= 15 is 0 Å². The number of guanidine groups is 1. The molecule has 0 saturated heterocycles. The first kappa shape index (κ1) is 22.1. The number of hydrogen-bond acceptors (Lipinski definition) is 3. The van der Waals surface area contributed by atoms with Crippen molar-refractivity contribution in [1.82, 2.24) is 20.4 Å². The van der Waals surface area contributed by atoms with Crippen molar-refractivity contribution in [1.29, 1.82) is 0 Å². The molecule has 3 aromatic rings. The summed E-state index contributed by atoms with van der Waals surface area (Å²) in [6, 6.07) is 19.1. The minimum Gasteiger partial charge on any atom is -0.357 e. The highest BCUT2D eigenvalue weighted by molar-refractivity contribution is 7.85. The zero-order chi connectivity index (χ0) is 21.2. The Labute approximate surface area is 184 Å². The normalized spacial score (nSPS) is 13.6. The van der Waals surface area contributed by atoms with Gasteiger partial charge in [-0.25, -0.2) is 0 Å². The fourth-order valence-electron chi connectivity index (χ4n) is 2.96. The third-order valence-electron chi connectivity index (χ3n) is 4.45. The Hall–Kier alpha value is -2.64. The molecule has 3 rings (SSSR count). The summed E-state index contributed by atoms with van der Waals surface area (Å²) in [5.74, 6) is 1.20. The molecule has 30 heavy (non-hydrogen) atoms. The Balaban J connectivity index is 1.65. The van der Waals surface area contributed by atoms with Gasteiger partial charge in [-0.1, -0.05) is 41.9 Å². The molecule has 1 aromatic heterocycles. The summed E-state index contributed by atoms with van der Waals surface area (Å²) in [5, 5.41) is 11.6. The van der Waals surface area contributed by atoms with Crippen molar-refractivity contribution in [2.75, 3.05) is 25.4 Å². The number of aromatic nitrogens is 2. The van der Waals surface area contributed by atoms with Crippen LogP contribution in [0.5, 0.6) is 0 Å². The lowest BCUT2D eigenvalue weighted by atomic mass is 10.1. The zero-order valence-electron chi connectivity index (χ0n) is 16.9. The summed E-state index contributed by atoms with van der Waals surface area (Å²) in [7, 11) is -1.04. The van der Waals surface area contributed by atoms with E-state index in [1.165, 1.54) is 0 Å². The number of aliphatic imine (C=N–C) groups is 1. The standard InChI is InChI=1S/C22H26ClN5OS/c1-2-24-22(25-14-16-30(29)20-7-4-3-5-8-20)26-17-21(28-15-6-13-27-28)18-9-11-19(23)12-10-18/h3-13,15,21H,2,14,16-17H2,1H3,(H2,24,25,26). The molecule has 0 spiro atoms. The Kier molecular flexibility index (Phi) is 8.47. The van der Waals surface area contributed by atoms with Gasteiger partial charge in [0.25, 0.3) is 0 Å². The summed E-state index contributed by atoms with van der Waals surface area (Å²) in [4.78, 5) is 5.58. The molecule has 0 radical (unpaired) electrons. The van der Waals surface area contributed by atoms with Crippen LogP contribution in [0, 0.1) is 0 Å². The van der Waals surface area contributed by atoms with Crippen molar-refractivity contribution in [3.8, 4) is 0 Å². The SMILES string of the molecule is CCNC(=NCC(c1ccc(Cl)cc1)n1cccn1)NCCS(=O)c1ccccc1. The van der Waals surface area contributed by atoms with Crippen LogP contribution in [0.25, 0.3) is 0 Å². The molecule has 2 unspecified atom stereocenters. The largest absolute Gasteiger partial charge is 0.357 e. The van der Waals surface area contributed by atoms with E-state index in [0.717, 1.165) is 17.0 Å². The number of hydrogen-bond donors (Lipinski definition) is 2. The quantitative estimate of drug-likeness (QED) is 0.392. The van der Waals surface area contributed by atoms with Gasteiger partial charge in [0.05, 0.1) is 23.4 Å². The molecule has 0 aliphatic rings. The van der Waals surface area contributed by atoms with E-state index in [9.17, 15) is 4.21 Å². The van der Waals surface area contributed by atoms with Gasteiger partial charge < -0.3 is 10.6 Å². The first-order chi connectivity index (χ1) is 14.7. The predicted molar refractivity (Wildman–Crippen MR) is 124 cm³/mol. The summed E-state index contributed by atoms with van der Waals surface area (Å²) >= 11 is 6.04. The average molecular weight is 444 g/mol. The molecule has 2 N–H and O–H groups in total. The van der Waals surface area contributed by atoms with E-state index in [-0.39, 0.29) is 6.04 Å². The molecule has 0 bridgehead atoms. The third-order valence-corrected chi connectivity index (χ3v) is 6.08. The van der Waals surface area contributed by atoms with Gasteiger partial charge in [-0.3, -0.25) is 13.9 Å². The van der Waals surface area contributed by atoms with E-state index in [4.69, 9.17) is 16.6 Å². The summed E-state index contributed by atoms with van der Waals surface area (Å²) in [6.07, 6.45) is 3.69. The van der Waals surface area contributed by atoms with Gasteiger partial charge in [0.15, 0.2) is 5.96 Å². The predicted octanol–water partition coefficient (Wildman–Crippen LogP) is 3.49. The highest BCUT2D eigenvalue weighted by atomic mass is 35.5. The van der Waals surface area contributed by atoms with Crippen LogP contribution >= 0.6 is 11.6 Å². The summed E-state index contributed by atoms with van der Waals surface area (Å²) in [5.41, 5.74) is 1.08. The molecule has 6 nitrogen and oxygen atoms in total. The molecule has 2 atom stereocenters. The third kappa shape index (κ3) is 6.43. The zero-order valence-corrected chi connectivity index (χ0v) is 18.4. The Morgan fingerprint density at radius 3 is 2.57 bits per heavy atom. The fourth-order valence-corrected chi connectivity index (χ4v) is 4.07. The first-order valence-electron chi connectivity index (χ1n) is 9.87. The van der Waals surface area contributed by atoms with Crippen molar-refractivity contribution in [2.45, 2.75) is 17.9 Å². The van der Waals surface area contributed by atoms with E-state index in [1.54, 1.807) is 6.20 Å². The lowest BCUT2D eigenvalue weighted by molar-refractivity contribution is 0.531. The minimum absolute atomic E-state index is 0.0498. The van der Waals surface area contributed by atoms with Crippen molar-refractivity contribution in [3.05, 3.63) is 83.6 Å². The van der Waals surface area contributed by atoms with Gasteiger partial charge in [-0.05, 0) is 42.8 Å². The van der Waals surface area contributed by atoms with Gasteiger partial charge in [0, 0.05) is 41.2 Å². The van der Waals surface area contributed by atoms with Crippen LogP contribution in [-0.2, 0) is 10.8 Å². The van der Waals surface area contributed by atoms with Crippen LogP contribution in [0.1, 0.15) is 18.5 Å². The lowest BCUT2D eigenvalue weighted by Crippen LogP contribution is -2.39. The van der Waals surface area contributed by atoms with Gasteiger partial charge in [-0.15, -0.1) is 0 Å². The highest BCUT2D eigenvalue weighted by Crippen LogP contribution is 2.20.